The van der Waals surface area contributed by atoms with Crippen LogP contribution in [0.2, 0.25) is 5.02 Å². The highest BCUT2D eigenvalue weighted by atomic mass is 35.5. The summed E-state index contributed by atoms with van der Waals surface area (Å²) in [4.78, 5) is 26.9. The molecule has 1 aliphatic heterocycles. The fraction of sp³-hybridized carbons (Fsp3) is 0.200. The molecule has 2 amide bonds. The Bertz CT molecular complexity index is 1270. The number of morpholine rings is 1. The van der Waals surface area contributed by atoms with Gasteiger partial charge < -0.3 is 15.4 Å². The lowest BCUT2D eigenvalue weighted by Crippen LogP contribution is -2.40. The van der Waals surface area contributed by atoms with Crippen LogP contribution in [0.25, 0.3) is 22.3 Å². The molecule has 1 aliphatic carbocycles. The maximum absolute atomic E-state index is 14.0. The summed E-state index contributed by atoms with van der Waals surface area (Å²) in [5.41, 5.74) is 11.6. The Morgan fingerprint density at radius 1 is 0.969 bits per heavy atom. The highest BCUT2D eigenvalue weighted by Gasteiger charge is 2.27. The van der Waals surface area contributed by atoms with Crippen LogP contribution in [0.3, 0.4) is 0 Å². The minimum atomic E-state index is -0.546. The molecule has 3 aromatic carbocycles. The first-order valence-corrected chi connectivity index (χ1v) is 10.7. The summed E-state index contributed by atoms with van der Waals surface area (Å²) < 4.78 is 19.4. The van der Waals surface area contributed by atoms with Gasteiger partial charge in [0.05, 0.1) is 18.2 Å². The van der Waals surface area contributed by atoms with Gasteiger partial charge in [-0.3, -0.25) is 9.59 Å². The average Bonchev–Trinajstić information content (AvgIpc) is 3.18. The van der Waals surface area contributed by atoms with Crippen LogP contribution in [0.5, 0.6) is 0 Å². The number of carbonyl (C=O) groups is 2. The van der Waals surface area contributed by atoms with E-state index >= 15 is 0 Å². The molecule has 0 atom stereocenters. The van der Waals surface area contributed by atoms with Crippen molar-refractivity contribution >= 4 is 23.4 Å². The van der Waals surface area contributed by atoms with Crippen molar-refractivity contribution in [3.05, 3.63) is 81.6 Å². The molecular formula is C25H20ClFN2O3. The Labute approximate surface area is 189 Å². The molecular weight excluding hydrogens is 431 g/mol. The number of carbonyl (C=O) groups excluding carboxylic acids is 2. The smallest absolute Gasteiger partial charge is 0.254 e. The van der Waals surface area contributed by atoms with E-state index in [1.807, 2.05) is 24.3 Å². The molecule has 32 heavy (non-hydrogen) atoms. The molecule has 0 unspecified atom stereocenters. The van der Waals surface area contributed by atoms with Gasteiger partial charge in [-0.25, -0.2) is 4.39 Å². The zero-order chi connectivity index (χ0) is 22.4. The van der Waals surface area contributed by atoms with Crippen molar-refractivity contribution in [3.63, 3.8) is 0 Å². The third kappa shape index (κ3) is 3.55. The maximum Gasteiger partial charge on any atom is 0.254 e. The van der Waals surface area contributed by atoms with Crippen molar-refractivity contribution < 1.29 is 18.7 Å². The molecule has 5 rings (SSSR count). The van der Waals surface area contributed by atoms with Crippen molar-refractivity contribution in [2.75, 3.05) is 26.3 Å². The van der Waals surface area contributed by atoms with Gasteiger partial charge in [-0.2, -0.15) is 0 Å². The number of halogens is 2. The highest BCUT2D eigenvalue weighted by molar-refractivity contribution is 6.30. The van der Waals surface area contributed by atoms with Crippen LogP contribution in [0.1, 0.15) is 31.8 Å². The summed E-state index contributed by atoms with van der Waals surface area (Å²) >= 11 is 5.82. The standard InChI is InChI=1S/C25H20ClFN2O3/c26-22-4-2-14(13-23(22)27)16-10-19-18-3-1-15(25(31)29-5-7-32-8-6-29)9-17(18)12-20(19)21(11-16)24(28)30/h1-4,9-11,13H,5-8,12H2,(H2,28,30). The van der Waals surface area contributed by atoms with Gasteiger partial charge in [0.1, 0.15) is 5.82 Å². The van der Waals surface area contributed by atoms with Crippen LogP contribution < -0.4 is 5.73 Å². The Balaban J connectivity index is 1.57. The van der Waals surface area contributed by atoms with Crippen LogP contribution >= 0.6 is 11.6 Å². The lowest BCUT2D eigenvalue weighted by molar-refractivity contribution is 0.0303. The topological polar surface area (TPSA) is 72.6 Å². The second-order valence-corrected chi connectivity index (χ2v) is 8.40. The minimum Gasteiger partial charge on any atom is -0.378 e. The number of fused-ring (bicyclic) bond motifs is 3. The predicted molar refractivity (Wildman–Crippen MR) is 120 cm³/mol. The molecule has 0 radical (unpaired) electrons. The summed E-state index contributed by atoms with van der Waals surface area (Å²) in [5.74, 6) is -1.11. The highest BCUT2D eigenvalue weighted by Crippen LogP contribution is 2.41. The predicted octanol–water partition coefficient (Wildman–Crippen LogP) is 4.29. The van der Waals surface area contributed by atoms with Gasteiger partial charge in [-0.15, -0.1) is 0 Å². The van der Waals surface area contributed by atoms with E-state index < -0.39 is 11.7 Å². The molecule has 0 bridgehead atoms. The van der Waals surface area contributed by atoms with Crippen molar-refractivity contribution in [1.82, 2.24) is 4.90 Å². The molecule has 7 heteroatoms. The van der Waals surface area contributed by atoms with E-state index in [0.29, 0.717) is 55.0 Å². The fourth-order valence-electron chi connectivity index (χ4n) is 4.44. The fourth-order valence-corrected chi connectivity index (χ4v) is 4.56. The number of nitrogens with zero attached hydrogens (tertiary/aromatic N) is 1. The van der Waals surface area contributed by atoms with Gasteiger partial charge in [0, 0.05) is 24.2 Å². The molecule has 3 aromatic rings. The lowest BCUT2D eigenvalue weighted by atomic mass is 9.94. The molecule has 0 saturated carbocycles. The number of primary amides is 1. The van der Waals surface area contributed by atoms with E-state index in [2.05, 4.69) is 0 Å². The van der Waals surface area contributed by atoms with Crippen LogP contribution in [0.15, 0.2) is 48.5 Å². The van der Waals surface area contributed by atoms with Crippen LogP contribution in [-0.2, 0) is 11.2 Å². The molecule has 2 aliphatic rings. The van der Waals surface area contributed by atoms with E-state index in [4.69, 9.17) is 22.1 Å². The Hall–Kier alpha value is -3.22. The number of benzene rings is 3. The van der Waals surface area contributed by atoms with E-state index in [1.165, 1.54) is 12.1 Å². The molecule has 0 aromatic heterocycles. The first-order valence-electron chi connectivity index (χ1n) is 10.3. The number of hydrogen-bond donors (Lipinski definition) is 1. The molecule has 1 saturated heterocycles. The zero-order valence-corrected chi connectivity index (χ0v) is 17.9. The van der Waals surface area contributed by atoms with Gasteiger partial charge >= 0.3 is 0 Å². The molecule has 5 nitrogen and oxygen atoms in total. The van der Waals surface area contributed by atoms with E-state index in [9.17, 15) is 14.0 Å². The van der Waals surface area contributed by atoms with Crippen LogP contribution in [-0.4, -0.2) is 43.0 Å². The first kappa shape index (κ1) is 20.7. The van der Waals surface area contributed by atoms with Gasteiger partial charge in [0.25, 0.3) is 5.91 Å². The third-order valence-electron chi connectivity index (χ3n) is 6.08. The van der Waals surface area contributed by atoms with Crippen molar-refractivity contribution in [3.8, 4) is 22.3 Å². The summed E-state index contributed by atoms with van der Waals surface area (Å²) in [7, 11) is 0. The summed E-state index contributed by atoms with van der Waals surface area (Å²) in [5, 5.41) is 0.0350. The third-order valence-corrected chi connectivity index (χ3v) is 6.38. The Morgan fingerprint density at radius 2 is 1.75 bits per heavy atom. The summed E-state index contributed by atoms with van der Waals surface area (Å²) in [6, 6.07) is 13.8. The number of nitrogens with two attached hydrogens (primary N) is 1. The van der Waals surface area contributed by atoms with E-state index in [-0.39, 0.29) is 10.9 Å². The van der Waals surface area contributed by atoms with Crippen molar-refractivity contribution in [2.45, 2.75) is 6.42 Å². The van der Waals surface area contributed by atoms with Crippen LogP contribution in [0, 0.1) is 5.82 Å². The van der Waals surface area contributed by atoms with E-state index in [0.717, 1.165) is 22.3 Å². The van der Waals surface area contributed by atoms with Crippen molar-refractivity contribution in [2.24, 2.45) is 5.73 Å². The van der Waals surface area contributed by atoms with E-state index in [1.54, 1.807) is 17.0 Å². The Morgan fingerprint density at radius 3 is 2.47 bits per heavy atom. The largest absolute Gasteiger partial charge is 0.378 e. The average molecular weight is 451 g/mol. The number of ether oxygens (including phenoxy) is 1. The molecule has 2 N–H and O–H groups in total. The molecule has 0 spiro atoms. The number of amides is 2. The Kier molecular flexibility index (Phi) is 5.19. The lowest BCUT2D eigenvalue weighted by Gasteiger charge is -2.27. The first-order chi connectivity index (χ1) is 15.4. The van der Waals surface area contributed by atoms with Crippen LogP contribution in [0.4, 0.5) is 4.39 Å². The minimum absolute atomic E-state index is 0.0282. The second-order valence-electron chi connectivity index (χ2n) is 8.00. The second kappa shape index (κ2) is 8.04. The van der Waals surface area contributed by atoms with Gasteiger partial charge in [-0.1, -0.05) is 23.7 Å². The van der Waals surface area contributed by atoms with Gasteiger partial charge in [0.2, 0.25) is 5.91 Å². The SMILES string of the molecule is NC(=O)c1cc(-c2ccc(Cl)c(F)c2)cc2c1Cc1cc(C(=O)N3CCOCC3)ccc1-2. The monoisotopic (exact) mass is 450 g/mol. The van der Waals surface area contributed by atoms with Crippen molar-refractivity contribution in [1.29, 1.82) is 0 Å². The number of rotatable bonds is 3. The normalized spacial score (nSPS) is 14.8. The molecule has 1 fully saturated rings. The maximum atomic E-state index is 14.0. The van der Waals surface area contributed by atoms with Gasteiger partial charge in [-0.05, 0) is 76.2 Å². The zero-order valence-electron chi connectivity index (χ0n) is 17.2. The summed E-state index contributed by atoms with van der Waals surface area (Å²) in [6.45, 7) is 2.22. The molecule has 162 valence electrons. The molecule has 1 heterocycles. The summed E-state index contributed by atoms with van der Waals surface area (Å²) in [6.07, 6.45) is 0.502. The quantitative estimate of drug-likeness (QED) is 0.506. The van der Waals surface area contributed by atoms with Gasteiger partial charge in [0.15, 0.2) is 0 Å². The number of hydrogen-bond acceptors (Lipinski definition) is 3.